The maximum atomic E-state index is 13.1. The Morgan fingerprint density at radius 1 is 1.09 bits per heavy atom. The van der Waals surface area contributed by atoms with Crippen LogP contribution in [0, 0.1) is 11.7 Å². The van der Waals surface area contributed by atoms with Crippen molar-refractivity contribution in [3.8, 4) is 5.88 Å². The number of aromatic nitrogens is 2. The second-order valence-corrected chi connectivity index (χ2v) is 8.68. The van der Waals surface area contributed by atoms with Crippen LogP contribution in [0.5, 0.6) is 5.88 Å². The van der Waals surface area contributed by atoms with Gasteiger partial charge >= 0.3 is 0 Å². The van der Waals surface area contributed by atoms with E-state index in [0.29, 0.717) is 30.7 Å². The van der Waals surface area contributed by atoms with Crippen LogP contribution in [0.3, 0.4) is 0 Å². The monoisotopic (exact) mass is 463 g/mol. The van der Waals surface area contributed by atoms with Gasteiger partial charge in [0, 0.05) is 39.3 Å². The number of benzene rings is 2. The lowest BCUT2D eigenvalue weighted by molar-refractivity contribution is -0.123. The molecular formula is C26H30FN5O2. The summed E-state index contributed by atoms with van der Waals surface area (Å²) in [6, 6.07) is 20.3. The van der Waals surface area contributed by atoms with E-state index in [9.17, 15) is 9.18 Å². The SMILES string of the molecule is CN(Cc1ccc(F)cc1)c1ccc(OCC(=O)NC[C@H]2CCN(Cc3ccccc3)C2)nn1. The first-order valence-electron chi connectivity index (χ1n) is 11.5. The number of nitrogens with one attached hydrogen (secondary N) is 1. The van der Waals surface area contributed by atoms with Crippen molar-refractivity contribution >= 4 is 11.7 Å². The molecule has 3 aromatic rings. The van der Waals surface area contributed by atoms with Gasteiger partial charge in [0.1, 0.15) is 5.82 Å². The number of halogens is 1. The highest BCUT2D eigenvalue weighted by Gasteiger charge is 2.22. The Bertz CT molecular complexity index is 1050. The molecule has 178 valence electrons. The first-order valence-corrected chi connectivity index (χ1v) is 11.5. The largest absolute Gasteiger partial charge is 0.466 e. The number of amides is 1. The third-order valence-corrected chi connectivity index (χ3v) is 5.91. The van der Waals surface area contributed by atoms with E-state index in [0.717, 1.165) is 31.6 Å². The van der Waals surface area contributed by atoms with E-state index >= 15 is 0 Å². The first kappa shape index (κ1) is 23.6. The molecule has 0 saturated carbocycles. The Labute approximate surface area is 199 Å². The molecule has 0 radical (unpaired) electrons. The minimum absolute atomic E-state index is 0.0973. The van der Waals surface area contributed by atoms with Gasteiger partial charge in [-0.1, -0.05) is 42.5 Å². The van der Waals surface area contributed by atoms with Crippen LogP contribution in [-0.4, -0.2) is 54.3 Å². The number of rotatable bonds is 10. The summed E-state index contributed by atoms with van der Waals surface area (Å²) in [5.74, 6) is 0.973. The summed E-state index contributed by atoms with van der Waals surface area (Å²) in [5.41, 5.74) is 2.28. The zero-order valence-electron chi connectivity index (χ0n) is 19.4. The number of nitrogens with zero attached hydrogens (tertiary/aromatic N) is 4. The Balaban J connectivity index is 1.15. The van der Waals surface area contributed by atoms with Crippen LogP contribution in [0.1, 0.15) is 17.5 Å². The molecule has 1 aliphatic rings. The average molecular weight is 464 g/mol. The highest BCUT2D eigenvalue weighted by atomic mass is 19.1. The van der Waals surface area contributed by atoms with E-state index in [2.05, 4.69) is 44.7 Å². The second kappa shape index (κ2) is 11.6. The van der Waals surface area contributed by atoms with Crippen molar-refractivity contribution in [2.75, 3.05) is 38.2 Å². The van der Waals surface area contributed by atoms with Gasteiger partial charge in [-0.25, -0.2) is 4.39 Å². The standard InChI is InChI=1S/C26H30FN5O2/c1-31(16-21-7-9-23(27)10-8-21)24-11-12-26(30-29-24)34-19-25(33)28-15-22-13-14-32(18-22)17-20-5-3-2-4-6-20/h2-12,22H,13-19H2,1H3,(H,28,33)/t22-/m1/s1. The van der Waals surface area contributed by atoms with Gasteiger partial charge in [0.05, 0.1) is 0 Å². The molecule has 2 aromatic carbocycles. The molecule has 0 unspecified atom stereocenters. The third kappa shape index (κ3) is 6.99. The number of likely N-dealkylation sites (tertiary alicyclic amines) is 1. The lowest BCUT2D eigenvalue weighted by atomic mass is 10.1. The van der Waals surface area contributed by atoms with Crippen LogP contribution in [0.4, 0.5) is 10.2 Å². The van der Waals surface area contributed by atoms with Crippen LogP contribution < -0.4 is 15.0 Å². The molecule has 0 spiro atoms. The molecule has 1 fully saturated rings. The maximum Gasteiger partial charge on any atom is 0.258 e. The molecule has 0 bridgehead atoms. The van der Waals surface area contributed by atoms with Crippen molar-refractivity contribution in [3.63, 3.8) is 0 Å². The van der Waals surface area contributed by atoms with E-state index in [4.69, 9.17) is 4.74 Å². The molecule has 8 heteroatoms. The number of hydrogen-bond acceptors (Lipinski definition) is 6. The highest BCUT2D eigenvalue weighted by Crippen LogP contribution is 2.18. The highest BCUT2D eigenvalue weighted by molar-refractivity contribution is 5.77. The Hall–Kier alpha value is -3.52. The molecule has 2 heterocycles. The van der Waals surface area contributed by atoms with E-state index in [1.165, 1.54) is 17.7 Å². The summed E-state index contributed by atoms with van der Waals surface area (Å²) in [6.45, 7) is 4.09. The zero-order valence-corrected chi connectivity index (χ0v) is 19.4. The number of carbonyl (C=O) groups is 1. The van der Waals surface area contributed by atoms with Crippen molar-refractivity contribution in [3.05, 3.63) is 83.7 Å². The molecule has 1 aliphatic heterocycles. The minimum Gasteiger partial charge on any atom is -0.466 e. The molecule has 34 heavy (non-hydrogen) atoms. The van der Waals surface area contributed by atoms with E-state index in [1.54, 1.807) is 24.3 Å². The predicted molar refractivity (Wildman–Crippen MR) is 129 cm³/mol. The number of carbonyl (C=O) groups excluding carboxylic acids is 1. The quantitative estimate of drug-likeness (QED) is 0.498. The normalized spacial score (nSPS) is 15.8. The van der Waals surface area contributed by atoms with Crippen molar-refractivity contribution in [1.29, 1.82) is 0 Å². The molecule has 7 nitrogen and oxygen atoms in total. The smallest absolute Gasteiger partial charge is 0.258 e. The van der Waals surface area contributed by atoms with E-state index in [1.807, 2.05) is 18.0 Å². The molecule has 1 aromatic heterocycles. The van der Waals surface area contributed by atoms with Crippen LogP contribution in [0.15, 0.2) is 66.7 Å². The lowest BCUT2D eigenvalue weighted by Crippen LogP contribution is -2.34. The fourth-order valence-corrected chi connectivity index (χ4v) is 4.05. The Morgan fingerprint density at radius 3 is 2.62 bits per heavy atom. The summed E-state index contributed by atoms with van der Waals surface area (Å²) in [4.78, 5) is 16.5. The third-order valence-electron chi connectivity index (χ3n) is 5.91. The van der Waals surface area contributed by atoms with Gasteiger partial charge < -0.3 is 15.0 Å². The van der Waals surface area contributed by atoms with Gasteiger partial charge in [-0.2, -0.15) is 0 Å². The predicted octanol–water partition coefficient (Wildman–Crippen LogP) is 3.27. The van der Waals surface area contributed by atoms with Crippen molar-refractivity contribution < 1.29 is 13.9 Å². The zero-order chi connectivity index (χ0) is 23.8. The summed E-state index contributed by atoms with van der Waals surface area (Å²) >= 11 is 0. The van der Waals surface area contributed by atoms with Gasteiger partial charge in [-0.3, -0.25) is 9.69 Å². The molecule has 1 N–H and O–H groups in total. The van der Waals surface area contributed by atoms with Gasteiger partial charge in [0.25, 0.3) is 5.91 Å². The molecule has 1 atom stereocenters. The van der Waals surface area contributed by atoms with Crippen molar-refractivity contribution in [2.24, 2.45) is 5.92 Å². The van der Waals surface area contributed by atoms with Crippen molar-refractivity contribution in [2.45, 2.75) is 19.5 Å². The van der Waals surface area contributed by atoms with Crippen molar-refractivity contribution in [1.82, 2.24) is 20.4 Å². The maximum absolute atomic E-state index is 13.1. The molecule has 0 aliphatic carbocycles. The van der Waals surface area contributed by atoms with Crippen LogP contribution >= 0.6 is 0 Å². The Kier molecular flexibility index (Phi) is 8.04. The fourth-order valence-electron chi connectivity index (χ4n) is 4.05. The number of hydrogen-bond donors (Lipinski definition) is 1. The summed E-state index contributed by atoms with van der Waals surface area (Å²) in [6.07, 6.45) is 1.08. The van der Waals surface area contributed by atoms with Gasteiger partial charge in [0.2, 0.25) is 5.88 Å². The average Bonchev–Trinajstić information content (AvgIpc) is 3.31. The van der Waals surface area contributed by atoms with Crippen LogP contribution in [0.25, 0.3) is 0 Å². The second-order valence-electron chi connectivity index (χ2n) is 8.68. The molecule has 1 saturated heterocycles. The molecule has 1 amide bonds. The van der Waals surface area contributed by atoms with Crippen LogP contribution in [-0.2, 0) is 17.9 Å². The van der Waals surface area contributed by atoms with Gasteiger partial charge in [-0.15, -0.1) is 10.2 Å². The van der Waals surface area contributed by atoms with E-state index in [-0.39, 0.29) is 18.3 Å². The minimum atomic E-state index is -0.259. The van der Waals surface area contributed by atoms with Crippen LogP contribution in [0.2, 0.25) is 0 Å². The summed E-state index contributed by atoms with van der Waals surface area (Å²) in [5, 5.41) is 11.2. The van der Waals surface area contributed by atoms with Gasteiger partial charge in [0.15, 0.2) is 12.4 Å². The number of ether oxygens (including phenoxy) is 1. The lowest BCUT2D eigenvalue weighted by Gasteiger charge is -2.18. The number of anilines is 1. The summed E-state index contributed by atoms with van der Waals surface area (Å²) in [7, 11) is 1.88. The fraction of sp³-hybridized carbons (Fsp3) is 0.346. The topological polar surface area (TPSA) is 70.6 Å². The first-order chi connectivity index (χ1) is 16.5. The molecule has 4 rings (SSSR count). The molecular weight excluding hydrogens is 433 g/mol. The van der Waals surface area contributed by atoms with Gasteiger partial charge in [-0.05, 0) is 48.2 Å². The van der Waals surface area contributed by atoms with E-state index < -0.39 is 0 Å². The Morgan fingerprint density at radius 2 is 1.88 bits per heavy atom. The summed E-state index contributed by atoms with van der Waals surface area (Å²) < 4.78 is 18.5.